The van der Waals surface area contributed by atoms with Crippen LogP contribution in [-0.2, 0) is 4.79 Å². The van der Waals surface area contributed by atoms with E-state index in [0.717, 1.165) is 21.8 Å². The fraction of sp³-hybridized carbons (Fsp3) is 0.182. The van der Waals surface area contributed by atoms with Gasteiger partial charge in [0.2, 0.25) is 5.89 Å². The van der Waals surface area contributed by atoms with Crippen molar-refractivity contribution in [1.82, 2.24) is 10.2 Å². The van der Waals surface area contributed by atoms with Crippen LogP contribution < -0.4 is 0 Å². The molecular weight excluding hydrogens is 320 g/mol. The average molecular weight is 329 g/mol. The van der Waals surface area contributed by atoms with Gasteiger partial charge >= 0.3 is 5.97 Å². The van der Waals surface area contributed by atoms with Gasteiger partial charge in [0.1, 0.15) is 5.25 Å². The zero-order chi connectivity index (χ0) is 13.1. The van der Waals surface area contributed by atoms with Gasteiger partial charge in [0, 0.05) is 4.47 Å². The Balaban J connectivity index is 2.21. The second-order valence-electron chi connectivity index (χ2n) is 3.45. The molecule has 2 aromatic rings. The van der Waals surface area contributed by atoms with Crippen molar-refractivity contribution in [1.29, 1.82) is 0 Å². The summed E-state index contributed by atoms with van der Waals surface area (Å²) in [7, 11) is 0. The lowest BCUT2D eigenvalue weighted by molar-refractivity contribution is -0.136. The quantitative estimate of drug-likeness (QED) is 0.869. The summed E-state index contributed by atoms with van der Waals surface area (Å²) in [6, 6.07) is 7.45. The van der Waals surface area contributed by atoms with E-state index < -0.39 is 11.2 Å². The van der Waals surface area contributed by atoms with Gasteiger partial charge in [0.25, 0.3) is 5.22 Å². The minimum Gasteiger partial charge on any atom is -0.480 e. The first kappa shape index (κ1) is 13.1. The number of aliphatic carboxylic acids is 1. The van der Waals surface area contributed by atoms with E-state index in [-0.39, 0.29) is 5.22 Å². The molecule has 94 valence electrons. The predicted octanol–water partition coefficient (Wildman–Crippen LogP) is 3.06. The van der Waals surface area contributed by atoms with Crippen molar-refractivity contribution in [3.63, 3.8) is 0 Å². The minimum absolute atomic E-state index is 0.246. The second kappa shape index (κ2) is 5.53. The third-order valence-electron chi connectivity index (χ3n) is 2.14. The highest BCUT2D eigenvalue weighted by Crippen LogP contribution is 2.30. The standard InChI is InChI=1S/C11H9BrN2O3S/c1-6(10(15)16)18-11-14-13-9(17-11)7-4-2-3-5-8(7)12/h2-6H,1H3,(H,15,16). The molecule has 5 nitrogen and oxygen atoms in total. The fourth-order valence-corrected chi connectivity index (χ4v) is 2.28. The maximum atomic E-state index is 10.7. The summed E-state index contributed by atoms with van der Waals surface area (Å²) < 4.78 is 6.26. The van der Waals surface area contributed by atoms with Crippen molar-refractivity contribution >= 4 is 33.7 Å². The van der Waals surface area contributed by atoms with Crippen molar-refractivity contribution in [2.24, 2.45) is 0 Å². The van der Waals surface area contributed by atoms with Gasteiger partial charge in [0.15, 0.2) is 0 Å². The van der Waals surface area contributed by atoms with Crippen LogP contribution in [0.5, 0.6) is 0 Å². The number of hydrogen-bond donors (Lipinski definition) is 1. The van der Waals surface area contributed by atoms with Gasteiger partial charge in [-0.15, -0.1) is 10.2 Å². The van der Waals surface area contributed by atoms with Gasteiger partial charge in [-0.3, -0.25) is 4.79 Å². The molecule has 1 aromatic heterocycles. The van der Waals surface area contributed by atoms with Crippen LogP contribution in [0, 0.1) is 0 Å². The molecular formula is C11H9BrN2O3S. The molecule has 7 heteroatoms. The summed E-state index contributed by atoms with van der Waals surface area (Å²) in [5.41, 5.74) is 0.778. The first-order valence-electron chi connectivity index (χ1n) is 5.06. The summed E-state index contributed by atoms with van der Waals surface area (Å²) in [6.07, 6.45) is 0. The molecule has 0 saturated heterocycles. The number of carbonyl (C=O) groups is 1. The largest absolute Gasteiger partial charge is 0.480 e. The van der Waals surface area contributed by atoms with Crippen LogP contribution in [0.25, 0.3) is 11.5 Å². The summed E-state index contributed by atoms with van der Waals surface area (Å²) in [4.78, 5) is 10.7. The van der Waals surface area contributed by atoms with Crippen LogP contribution in [0.1, 0.15) is 6.92 Å². The second-order valence-corrected chi connectivity index (χ2v) is 5.60. The van der Waals surface area contributed by atoms with Gasteiger partial charge in [0.05, 0.1) is 5.56 Å². The van der Waals surface area contributed by atoms with Crippen molar-refractivity contribution < 1.29 is 14.3 Å². The lowest BCUT2D eigenvalue weighted by Crippen LogP contribution is -2.10. The van der Waals surface area contributed by atoms with Crippen LogP contribution in [0.2, 0.25) is 0 Å². The van der Waals surface area contributed by atoms with Gasteiger partial charge in [-0.25, -0.2) is 0 Å². The van der Waals surface area contributed by atoms with E-state index in [1.165, 1.54) is 0 Å². The van der Waals surface area contributed by atoms with Crippen LogP contribution in [0.15, 0.2) is 38.4 Å². The minimum atomic E-state index is -0.916. The molecule has 0 aliphatic rings. The monoisotopic (exact) mass is 328 g/mol. The van der Waals surface area contributed by atoms with Crippen LogP contribution in [0.4, 0.5) is 0 Å². The van der Waals surface area contributed by atoms with E-state index in [1.54, 1.807) is 6.92 Å². The molecule has 0 fully saturated rings. The van der Waals surface area contributed by atoms with E-state index in [0.29, 0.717) is 5.89 Å². The topological polar surface area (TPSA) is 76.2 Å². The third kappa shape index (κ3) is 2.91. The fourth-order valence-electron chi connectivity index (χ4n) is 1.20. The average Bonchev–Trinajstić information content (AvgIpc) is 2.77. The summed E-state index contributed by atoms with van der Waals surface area (Å²) >= 11 is 4.41. The Kier molecular flexibility index (Phi) is 4.03. The molecule has 2 rings (SSSR count). The number of halogens is 1. The van der Waals surface area contributed by atoms with Crippen molar-refractivity contribution in [3.8, 4) is 11.5 Å². The van der Waals surface area contributed by atoms with Crippen LogP contribution in [0.3, 0.4) is 0 Å². The number of thioether (sulfide) groups is 1. The number of carboxylic acids is 1. The highest BCUT2D eigenvalue weighted by atomic mass is 79.9. The zero-order valence-electron chi connectivity index (χ0n) is 9.33. The number of hydrogen-bond acceptors (Lipinski definition) is 5. The van der Waals surface area contributed by atoms with E-state index in [2.05, 4.69) is 26.1 Å². The SMILES string of the molecule is CC(Sc1nnc(-c2ccccc2Br)o1)C(=O)O. The molecule has 1 atom stereocenters. The highest BCUT2D eigenvalue weighted by molar-refractivity contribution is 9.10. The summed E-state index contributed by atoms with van der Waals surface area (Å²) in [5.74, 6) is -0.553. The molecule has 0 radical (unpaired) electrons. The van der Waals surface area contributed by atoms with Gasteiger partial charge in [-0.1, -0.05) is 23.9 Å². The van der Waals surface area contributed by atoms with E-state index in [4.69, 9.17) is 9.52 Å². The van der Waals surface area contributed by atoms with Gasteiger partial charge < -0.3 is 9.52 Å². The van der Waals surface area contributed by atoms with Crippen molar-refractivity contribution in [2.45, 2.75) is 17.4 Å². The predicted molar refractivity (Wildman–Crippen MR) is 70.4 cm³/mol. The molecule has 1 heterocycles. The zero-order valence-corrected chi connectivity index (χ0v) is 11.7. The first-order chi connectivity index (χ1) is 8.58. The van der Waals surface area contributed by atoms with Gasteiger partial charge in [-0.05, 0) is 35.0 Å². The molecule has 1 unspecified atom stereocenters. The van der Waals surface area contributed by atoms with Crippen molar-refractivity contribution in [2.75, 3.05) is 0 Å². The van der Waals surface area contributed by atoms with Gasteiger partial charge in [-0.2, -0.15) is 0 Å². The smallest absolute Gasteiger partial charge is 0.316 e. The number of carboxylic acid groups (broad SMARTS) is 1. The van der Waals surface area contributed by atoms with E-state index >= 15 is 0 Å². The number of benzene rings is 1. The lowest BCUT2D eigenvalue weighted by atomic mass is 10.2. The number of rotatable bonds is 4. The normalized spacial score (nSPS) is 12.3. The molecule has 0 spiro atoms. The number of nitrogens with zero attached hydrogens (tertiary/aromatic N) is 2. The summed E-state index contributed by atoms with van der Waals surface area (Å²) in [5, 5.41) is 16.1. The molecule has 0 amide bonds. The Bertz CT molecular complexity index is 573. The maximum absolute atomic E-state index is 10.7. The maximum Gasteiger partial charge on any atom is 0.316 e. The Morgan fingerprint density at radius 2 is 2.17 bits per heavy atom. The molecule has 0 bridgehead atoms. The molecule has 0 aliphatic heterocycles. The lowest BCUT2D eigenvalue weighted by Gasteiger charge is -2.00. The first-order valence-corrected chi connectivity index (χ1v) is 6.73. The molecule has 0 aliphatic carbocycles. The van der Waals surface area contributed by atoms with E-state index in [9.17, 15) is 4.79 Å². The van der Waals surface area contributed by atoms with Crippen molar-refractivity contribution in [3.05, 3.63) is 28.7 Å². The Labute approximate surface area is 116 Å². The summed E-state index contributed by atoms with van der Waals surface area (Å²) in [6.45, 7) is 1.56. The number of aromatic nitrogens is 2. The molecule has 1 N–H and O–H groups in total. The van der Waals surface area contributed by atoms with Crippen LogP contribution in [-0.4, -0.2) is 26.5 Å². The highest BCUT2D eigenvalue weighted by Gasteiger charge is 2.18. The third-order valence-corrected chi connectivity index (χ3v) is 3.75. The molecule has 18 heavy (non-hydrogen) atoms. The Morgan fingerprint density at radius 3 is 2.83 bits per heavy atom. The molecule has 1 aromatic carbocycles. The Hall–Kier alpha value is -1.34. The Morgan fingerprint density at radius 1 is 1.44 bits per heavy atom. The molecule has 0 saturated carbocycles. The van der Waals surface area contributed by atoms with E-state index in [1.807, 2.05) is 24.3 Å². The van der Waals surface area contributed by atoms with Crippen LogP contribution >= 0.6 is 27.7 Å².